The van der Waals surface area contributed by atoms with Crippen LogP contribution in [0.1, 0.15) is 38.3 Å². The minimum absolute atomic E-state index is 0.432. The summed E-state index contributed by atoms with van der Waals surface area (Å²) in [6.07, 6.45) is 8.52. The summed E-state index contributed by atoms with van der Waals surface area (Å²) in [5, 5.41) is 0. The highest BCUT2D eigenvalue weighted by Gasteiger charge is 2.28. The molecular weight excluding hydrogens is 372 g/mol. The molecule has 6 nitrogen and oxygen atoms in total. The highest BCUT2D eigenvalue weighted by atomic mass is 15.2. The Bertz CT molecular complexity index is 978. The highest BCUT2D eigenvalue weighted by molar-refractivity contribution is 6.10. The molecule has 0 atom stereocenters. The molecule has 0 amide bonds. The number of hydrogen-bond acceptors (Lipinski definition) is 6. The zero-order valence-corrected chi connectivity index (χ0v) is 18.1. The van der Waals surface area contributed by atoms with Crippen molar-refractivity contribution in [2.24, 2.45) is 22.6 Å². The molecule has 5 rings (SSSR count). The predicted molar refractivity (Wildman–Crippen MR) is 124 cm³/mol. The van der Waals surface area contributed by atoms with E-state index in [0.717, 1.165) is 60.1 Å². The molecular formula is C24H32N6. The van der Waals surface area contributed by atoms with E-state index in [9.17, 15) is 0 Å². The smallest absolute Gasteiger partial charge is 0.0925 e. The molecule has 1 saturated heterocycles. The van der Waals surface area contributed by atoms with Crippen LogP contribution < -0.4 is 10.6 Å². The van der Waals surface area contributed by atoms with Crippen molar-refractivity contribution in [3.63, 3.8) is 0 Å². The summed E-state index contributed by atoms with van der Waals surface area (Å²) in [5.41, 5.74) is 12.3. The number of nitrogens with zero attached hydrogens (tertiary/aromatic N) is 5. The van der Waals surface area contributed by atoms with Crippen molar-refractivity contribution >= 4 is 28.5 Å². The van der Waals surface area contributed by atoms with E-state index in [0.29, 0.717) is 12.0 Å². The molecule has 30 heavy (non-hydrogen) atoms. The van der Waals surface area contributed by atoms with Gasteiger partial charge >= 0.3 is 0 Å². The number of anilines is 1. The van der Waals surface area contributed by atoms with Crippen LogP contribution in [0.3, 0.4) is 0 Å². The Labute approximate surface area is 178 Å². The molecule has 2 N–H and O–H groups in total. The summed E-state index contributed by atoms with van der Waals surface area (Å²) in [7, 11) is 2.18. The van der Waals surface area contributed by atoms with Gasteiger partial charge in [0.1, 0.15) is 0 Å². The Balaban J connectivity index is 1.42. The predicted octanol–water partition coefficient (Wildman–Crippen LogP) is 3.33. The molecule has 3 aliphatic rings. The molecule has 0 unspecified atom stereocenters. The number of benzene rings is 1. The van der Waals surface area contributed by atoms with Crippen LogP contribution in [0.25, 0.3) is 16.6 Å². The standard InChI is InChI=1S/C24H32N6/c1-16-11-18(12-16)26-14-20(24(25)17-3-4-17)23-15-27-22-13-19(5-6-21(22)28-23)30-9-7-29(2)8-10-30/h5-6,13-18H,3-4,7-12,25H2,1-2H3. The van der Waals surface area contributed by atoms with E-state index in [1.165, 1.54) is 31.4 Å². The first-order valence-corrected chi connectivity index (χ1v) is 11.3. The molecule has 0 spiro atoms. The quantitative estimate of drug-likeness (QED) is 0.774. The van der Waals surface area contributed by atoms with E-state index in [-0.39, 0.29) is 0 Å². The van der Waals surface area contributed by atoms with Crippen molar-refractivity contribution in [2.45, 2.75) is 38.6 Å². The van der Waals surface area contributed by atoms with Crippen LogP contribution in [0.4, 0.5) is 5.69 Å². The summed E-state index contributed by atoms with van der Waals surface area (Å²) in [6, 6.07) is 6.86. The summed E-state index contributed by atoms with van der Waals surface area (Å²) in [4.78, 5) is 19.3. The van der Waals surface area contributed by atoms with Gasteiger partial charge < -0.3 is 15.5 Å². The van der Waals surface area contributed by atoms with Crippen LogP contribution in [-0.2, 0) is 0 Å². The Kier molecular flexibility index (Phi) is 5.19. The molecule has 0 radical (unpaired) electrons. The lowest BCUT2D eigenvalue weighted by molar-refractivity contribution is 0.293. The van der Waals surface area contributed by atoms with E-state index in [4.69, 9.17) is 20.7 Å². The third-order valence-electron chi connectivity index (χ3n) is 6.76. The molecule has 0 bridgehead atoms. The number of piperazine rings is 1. The summed E-state index contributed by atoms with van der Waals surface area (Å²) >= 11 is 0. The number of rotatable bonds is 5. The minimum atomic E-state index is 0.432. The lowest BCUT2D eigenvalue weighted by Crippen LogP contribution is -2.44. The molecule has 2 saturated carbocycles. The number of nitrogens with two attached hydrogens (primary N) is 1. The fraction of sp³-hybridized carbons (Fsp3) is 0.542. The summed E-state index contributed by atoms with van der Waals surface area (Å²) in [5.74, 6) is 1.26. The van der Waals surface area contributed by atoms with E-state index in [2.05, 4.69) is 42.0 Å². The van der Waals surface area contributed by atoms with Gasteiger partial charge in [0.15, 0.2) is 0 Å². The second kappa shape index (κ2) is 7.99. The van der Waals surface area contributed by atoms with Crippen LogP contribution in [0.2, 0.25) is 0 Å². The Morgan fingerprint density at radius 3 is 2.60 bits per heavy atom. The first-order valence-electron chi connectivity index (χ1n) is 11.3. The average Bonchev–Trinajstić information content (AvgIpc) is 3.58. The molecule has 2 heterocycles. The molecule has 1 aliphatic heterocycles. The first-order chi connectivity index (χ1) is 14.6. The number of allylic oxidation sites excluding steroid dienone is 2. The molecule has 6 heteroatoms. The number of aliphatic imine (C=N–C) groups is 1. The monoisotopic (exact) mass is 404 g/mol. The number of hydrogen-bond donors (Lipinski definition) is 1. The Hall–Kier alpha value is -2.47. The zero-order valence-electron chi connectivity index (χ0n) is 18.1. The Morgan fingerprint density at radius 2 is 1.90 bits per heavy atom. The highest BCUT2D eigenvalue weighted by Crippen LogP contribution is 2.37. The topological polar surface area (TPSA) is 70.6 Å². The lowest BCUT2D eigenvalue weighted by Gasteiger charge is -2.34. The van der Waals surface area contributed by atoms with Gasteiger partial charge in [-0.3, -0.25) is 9.98 Å². The maximum absolute atomic E-state index is 6.52. The van der Waals surface area contributed by atoms with Crippen molar-refractivity contribution in [3.8, 4) is 0 Å². The van der Waals surface area contributed by atoms with Gasteiger partial charge in [-0.2, -0.15) is 0 Å². The second-order valence-corrected chi connectivity index (χ2v) is 9.37. The van der Waals surface area contributed by atoms with Gasteiger partial charge in [-0.15, -0.1) is 0 Å². The van der Waals surface area contributed by atoms with Crippen LogP contribution in [0, 0.1) is 11.8 Å². The maximum Gasteiger partial charge on any atom is 0.0925 e. The largest absolute Gasteiger partial charge is 0.401 e. The summed E-state index contributed by atoms with van der Waals surface area (Å²) in [6.45, 7) is 6.57. The SMILES string of the molecule is CC1CC(N=CC(=C(N)C2CC2)c2cnc3cc(N4CCN(C)CC4)ccc3n2)C1. The fourth-order valence-electron chi connectivity index (χ4n) is 4.45. The molecule has 1 aromatic heterocycles. The van der Waals surface area contributed by atoms with E-state index in [1.807, 2.05) is 12.4 Å². The fourth-order valence-corrected chi connectivity index (χ4v) is 4.45. The van der Waals surface area contributed by atoms with E-state index >= 15 is 0 Å². The maximum atomic E-state index is 6.52. The third-order valence-corrected chi connectivity index (χ3v) is 6.76. The Morgan fingerprint density at radius 1 is 1.13 bits per heavy atom. The second-order valence-electron chi connectivity index (χ2n) is 9.37. The van der Waals surface area contributed by atoms with Crippen LogP contribution in [0.15, 0.2) is 35.1 Å². The van der Waals surface area contributed by atoms with Crippen LogP contribution in [-0.4, -0.2) is 60.4 Å². The minimum Gasteiger partial charge on any atom is -0.401 e. The summed E-state index contributed by atoms with van der Waals surface area (Å²) < 4.78 is 0. The van der Waals surface area contributed by atoms with Crippen molar-refractivity contribution < 1.29 is 0 Å². The third kappa shape index (κ3) is 4.06. The van der Waals surface area contributed by atoms with Crippen molar-refractivity contribution in [1.82, 2.24) is 14.9 Å². The van der Waals surface area contributed by atoms with E-state index in [1.54, 1.807) is 0 Å². The normalized spacial score (nSPS) is 26.1. The first kappa shape index (κ1) is 19.5. The van der Waals surface area contributed by atoms with Crippen molar-refractivity contribution in [1.29, 1.82) is 0 Å². The van der Waals surface area contributed by atoms with E-state index < -0.39 is 0 Å². The van der Waals surface area contributed by atoms with Gasteiger partial charge in [0, 0.05) is 49.4 Å². The van der Waals surface area contributed by atoms with Crippen molar-refractivity contribution in [2.75, 3.05) is 38.1 Å². The molecule has 2 aromatic rings. The number of likely N-dealkylation sites (N-methyl/N-ethyl adjacent to an activating group) is 1. The van der Waals surface area contributed by atoms with Crippen molar-refractivity contribution in [3.05, 3.63) is 35.8 Å². The van der Waals surface area contributed by atoms with Gasteiger partial charge in [0.2, 0.25) is 0 Å². The van der Waals surface area contributed by atoms with Gasteiger partial charge in [0.05, 0.1) is 29.0 Å². The van der Waals surface area contributed by atoms with Gasteiger partial charge in [-0.1, -0.05) is 6.92 Å². The molecule has 3 fully saturated rings. The molecule has 158 valence electrons. The molecule has 2 aliphatic carbocycles. The van der Waals surface area contributed by atoms with Crippen LogP contribution in [0.5, 0.6) is 0 Å². The van der Waals surface area contributed by atoms with Gasteiger partial charge in [-0.25, -0.2) is 4.98 Å². The average molecular weight is 405 g/mol. The number of aromatic nitrogens is 2. The van der Waals surface area contributed by atoms with Gasteiger partial charge in [0.25, 0.3) is 0 Å². The zero-order chi connectivity index (χ0) is 20.7. The van der Waals surface area contributed by atoms with Gasteiger partial charge in [-0.05, 0) is 62.8 Å². The van der Waals surface area contributed by atoms with Crippen LogP contribution >= 0.6 is 0 Å². The molecule has 1 aromatic carbocycles. The lowest BCUT2D eigenvalue weighted by atomic mass is 9.82. The number of fused-ring (bicyclic) bond motifs is 1.